The van der Waals surface area contributed by atoms with Crippen LogP contribution in [0.4, 0.5) is 0 Å². The smallest absolute Gasteiger partial charge is 0.115 e. The van der Waals surface area contributed by atoms with Crippen LogP contribution in [0.2, 0.25) is 0 Å². The maximum atomic E-state index is 9.26. The Balaban J connectivity index is 2.71. The molecular weight excluding hydrogens is 154 g/mol. The van der Waals surface area contributed by atoms with Gasteiger partial charge in [-0.05, 0) is 24.6 Å². The van der Waals surface area contributed by atoms with E-state index in [9.17, 15) is 5.11 Å². The molecule has 66 valence electrons. The molecule has 0 radical (unpaired) electrons. The Morgan fingerprint density at radius 1 is 1.33 bits per heavy atom. The van der Waals surface area contributed by atoms with Crippen LogP contribution < -0.4 is 5.73 Å². The molecule has 0 aliphatic rings. The molecule has 12 heavy (non-hydrogen) atoms. The number of phenolic OH excluding ortho intramolecular Hbond substituents is 1. The number of hydrogen-bond donors (Lipinski definition) is 3. The lowest BCUT2D eigenvalue weighted by atomic mass is 10.1. The third kappa shape index (κ3) is 2.90. The predicted octanol–water partition coefficient (Wildman–Crippen LogP) is 0.602. The van der Waals surface area contributed by atoms with Gasteiger partial charge < -0.3 is 15.9 Å². The molecule has 3 nitrogen and oxygen atoms in total. The van der Waals surface area contributed by atoms with Gasteiger partial charge in [-0.25, -0.2) is 0 Å². The molecule has 0 heterocycles. The highest BCUT2D eigenvalue weighted by molar-refractivity contribution is 5.26. The first-order chi connectivity index (χ1) is 5.47. The lowest BCUT2D eigenvalue weighted by Gasteiger charge is -2.16. The molecule has 0 amide bonds. The SMILES string of the molecule is C[C@@](N)(O)Cc1ccc(O)cc1. The molecule has 3 heteroatoms. The molecule has 0 aliphatic heterocycles. The van der Waals surface area contributed by atoms with E-state index in [4.69, 9.17) is 10.8 Å². The summed E-state index contributed by atoms with van der Waals surface area (Å²) in [4.78, 5) is 0. The maximum Gasteiger partial charge on any atom is 0.115 e. The van der Waals surface area contributed by atoms with Crippen LogP contribution >= 0.6 is 0 Å². The molecule has 0 saturated heterocycles. The van der Waals surface area contributed by atoms with E-state index in [1.165, 1.54) is 0 Å². The summed E-state index contributed by atoms with van der Waals surface area (Å²) in [6.07, 6.45) is 0.382. The fraction of sp³-hybridized carbons (Fsp3) is 0.333. The summed E-state index contributed by atoms with van der Waals surface area (Å²) in [6, 6.07) is 6.61. The van der Waals surface area contributed by atoms with E-state index in [-0.39, 0.29) is 5.75 Å². The highest BCUT2D eigenvalue weighted by atomic mass is 16.3. The molecule has 4 N–H and O–H groups in total. The predicted molar refractivity (Wildman–Crippen MR) is 46.6 cm³/mol. The van der Waals surface area contributed by atoms with Crippen molar-refractivity contribution in [2.24, 2.45) is 5.73 Å². The second-order valence-corrected chi connectivity index (χ2v) is 3.20. The van der Waals surface area contributed by atoms with Crippen LogP contribution in [-0.4, -0.2) is 15.9 Å². The van der Waals surface area contributed by atoms with Crippen molar-refractivity contribution < 1.29 is 10.2 Å². The molecule has 0 aliphatic carbocycles. The van der Waals surface area contributed by atoms with Gasteiger partial charge in [0.15, 0.2) is 0 Å². The molecule has 0 spiro atoms. The molecule has 1 aromatic rings. The van der Waals surface area contributed by atoms with Crippen molar-refractivity contribution in [2.45, 2.75) is 19.1 Å². The zero-order valence-electron chi connectivity index (χ0n) is 6.99. The Morgan fingerprint density at radius 3 is 2.25 bits per heavy atom. The second kappa shape index (κ2) is 3.13. The number of benzene rings is 1. The van der Waals surface area contributed by atoms with Crippen LogP contribution in [0.3, 0.4) is 0 Å². The third-order valence-electron chi connectivity index (χ3n) is 1.50. The van der Waals surface area contributed by atoms with Crippen molar-refractivity contribution in [1.29, 1.82) is 0 Å². The molecule has 1 rings (SSSR count). The van der Waals surface area contributed by atoms with Gasteiger partial charge in [-0.1, -0.05) is 12.1 Å². The summed E-state index contributed by atoms with van der Waals surface area (Å²) >= 11 is 0. The van der Waals surface area contributed by atoms with Crippen LogP contribution in [-0.2, 0) is 6.42 Å². The van der Waals surface area contributed by atoms with Gasteiger partial charge in [0.2, 0.25) is 0 Å². The molecule has 0 saturated carbocycles. The van der Waals surface area contributed by atoms with Gasteiger partial charge in [-0.3, -0.25) is 0 Å². The van der Waals surface area contributed by atoms with Crippen LogP contribution in [0, 0.1) is 0 Å². The van der Waals surface area contributed by atoms with Crippen LogP contribution in [0.1, 0.15) is 12.5 Å². The second-order valence-electron chi connectivity index (χ2n) is 3.20. The number of rotatable bonds is 2. The number of aliphatic hydroxyl groups is 1. The van der Waals surface area contributed by atoms with Crippen molar-refractivity contribution in [3.8, 4) is 5.75 Å². The first-order valence-electron chi connectivity index (χ1n) is 3.76. The van der Waals surface area contributed by atoms with E-state index in [2.05, 4.69) is 0 Å². The van der Waals surface area contributed by atoms with Gasteiger partial charge in [-0.2, -0.15) is 0 Å². The minimum Gasteiger partial charge on any atom is -0.508 e. The highest BCUT2D eigenvalue weighted by Gasteiger charge is 2.13. The Kier molecular flexibility index (Phi) is 2.35. The Labute approximate surface area is 71.5 Å². The van der Waals surface area contributed by atoms with Gasteiger partial charge in [0.1, 0.15) is 11.5 Å². The van der Waals surface area contributed by atoms with Crippen molar-refractivity contribution in [3.05, 3.63) is 29.8 Å². The van der Waals surface area contributed by atoms with E-state index in [1.54, 1.807) is 31.2 Å². The molecule has 1 atom stereocenters. The molecule has 0 fully saturated rings. The fourth-order valence-corrected chi connectivity index (χ4v) is 1.03. The average molecular weight is 167 g/mol. The Morgan fingerprint density at radius 2 is 1.83 bits per heavy atom. The lowest BCUT2D eigenvalue weighted by molar-refractivity contribution is 0.0677. The molecule has 0 aromatic heterocycles. The summed E-state index contributed by atoms with van der Waals surface area (Å²) in [7, 11) is 0. The normalized spacial score (nSPS) is 15.6. The topological polar surface area (TPSA) is 66.5 Å². The zero-order chi connectivity index (χ0) is 9.19. The molecular formula is C9H13NO2. The first-order valence-corrected chi connectivity index (χ1v) is 3.76. The summed E-state index contributed by atoms with van der Waals surface area (Å²) < 4.78 is 0. The maximum absolute atomic E-state index is 9.26. The summed E-state index contributed by atoms with van der Waals surface area (Å²) in [5, 5.41) is 18.2. The fourth-order valence-electron chi connectivity index (χ4n) is 1.03. The van der Waals surface area contributed by atoms with Gasteiger partial charge in [-0.15, -0.1) is 0 Å². The quantitative estimate of drug-likeness (QED) is 0.565. The summed E-state index contributed by atoms with van der Waals surface area (Å²) in [5.74, 6) is 0.218. The van der Waals surface area contributed by atoms with Gasteiger partial charge in [0.25, 0.3) is 0 Å². The van der Waals surface area contributed by atoms with E-state index in [0.29, 0.717) is 6.42 Å². The minimum atomic E-state index is -1.18. The largest absolute Gasteiger partial charge is 0.508 e. The van der Waals surface area contributed by atoms with Gasteiger partial charge in [0, 0.05) is 6.42 Å². The van der Waals surface area contributed by atoms with Crippen molar-refractivity contribution >= 4 is 0 Å². The van der Waals surface area contributed by atoms with E-state index in [1.807, 2.05) is 0 Å². The van der Waals surface area contributed by atoms with Crippen LogP contribution in [0.5, 0.6) is 5.75 Å². The Hall–Kier alpha value is -1.06. The van der Waals surface area contributed by atoms with Gasteiger partial charge in [0.05, 0.1) is 0 Å². The third-order valence-corrected chi connectivity index (χ3v) is 1.50. The van der Waals surface area contributed by atoms with Crippen molar-refractivity contribution in [3.63, 3.8) is 0 Å². The number of nitrogens with two attached hydrogens (primary N) is 1. The lowest BCUT2D eigenvalue weighted by Crippen LogP contribution is -2.37. The zero-order valence-corrected chi connectivity index (χ0v) is 6.99. The Bertz CT molecular complexity index is 248. The van der Waals surface area contributed by atoms with Gasteiger partial charge >= 0.3 is 0 Å². The monoisotopic (exact) mass is 167 g/mol. The standard InChI is InChI=1S/C9H13NO2/c1-9(10,12)6-7-2-4-8(11)5-3-7/h2-5,11-12H,6,10H2,1H3/t9-/m1/s1. The average Bonchev–Trinajstić information content (AvgIpc) is 1.91. The summed E-state index contributed by atoms with van der Waals surface area (Å²) in [6.45, 7) is 1.54. The van der Waals surface area contributed by atoms with Crippen LogP contribution in [0.25, 0.3) is 0 Å². The summed E-state index contributed by atoms with van der Waals surface area (Å²) in [5.41, 5.74) is 5.12. The number of hydrogen-bond acceptors (Lipinski definition) is 3. The molecule has 1 aromatic carbocycles. The van der Waals surface area contributed by atoms with Crippen molar-refractivity contribution in [2.75, 3.05) is 0 Å². The highest BCUT2D eigenvalue weighted by Crippen LogP contribution is 2.12. The number of phenols is 1. The van der Waals surface area contributed by atoms with Crippen molar-refractivity contribution in [1.82, 2.24) is 0 Å². The first kappa shape index (κ1) is 9.03. The van der Waals surface area contributed by atoms with E-state index < -0.39 is 5.72 Å². The van der Waals surface area contributed by atoms with E-state index in [0.717, 1.165) is 5.56 Å². The molecule has 0 unspecified atom stereocenters. The van der Waals surface area contributed by atoms with Crippen LogP contribution in [0.15, 0.2) is 24.3 Å². The number of aromatic hydroxyl groups is 1. The molecule has 0 bridgehead atoms. The van der Waals surface area contributed by atoms with E-state index >= 15 is 0 Å². The minimum absolute atomic E-state index is 0.218.